The quantitative estimate of drug-likeness (QED) is 0.215. The molecule has 5 rings (SSSR count). The molecule has 7 heteroatoms. The fourth-order valence-electron chi connectivity index (χ4n) is 5.38. The molecule has 4 aliphatic rings. The number of hydrogen-bond acceptors (Lipinski definition) is 3. The summed E-state index contributed by atoms with van der Waals surface area (Å²) in [5.41, 5.74) is 3.83. The molecule has 3 N–H and O–H groups in total. The Morgan fingerprint density at radius 1 is 1.16 bits per heavy atom. The third kappa shape index (κ3) is 3.92. The van der Waals surface area contributed by atoms with E-state index in [-0.39, 0.29) is 11.3 Å². The molecule has 4 fully saturated rings. The first-order valence-corrected chi connectivity index (χ1v) is 11.3. The van der Waals surface area contributed by atoms with Gasteiger partial charge < -0.3 is 10.4 Å². The van der Waals surface area contributed by atoms with Gasteiger partial charge in [-0.15, -0.1) is 0 Å². The van der Waals surface area contributed by atoms with Crippen LogP contribution in [0.2, 0.25) is 0 Å². The van der Waals surface area contributed by atoms with Gasteiger partial charge in [-0.2, -0.15) is 5.10 Å². The molecule has 4 nitrogen and oxygen atoms in total. The van der Waals surface area contributed by atoms with Crippen molar-refractivity contribution in [3.05, 3.63) is 24.8 Å². The average molecular weight is 581 g/mol. The highest BCUT2D eigenvalue weighted by molar-refractivity contribution is 14.1. The Morgan fingerprint density at radius 3 is 2.36 bits per heavy atom. The van der Waals surface area contributed by atoms with Crippen molar-refractivity contribution in [2.75, 3.05) is 0 Å². The predicted molar refractivity (Wildman–Crippen MR) is 121 cm³/mol. The van der Waals surface area contributed by atoms with Crippen LogP contribution in [0.1, 0.15) is 44.1 Å². The lowest BCUT2D eigenvalue weighted by molar-refractivity contribution is -0.0101. The van der Waals surface area contributed by atoms with Gasteiger partial charge in [-0.1, -0.05) is 0 Å². The van der Waals surface area contributed by atoms with Gasteiger partial charge in [-0.25, -0.2) is 0 Å². The SMILES string of the molecule is Oc1c(I)cc(I)cc1/C=N\NC(=S)NC12CC3CC(CC(C3)C1)C2. The molecule has 0 aromatic heterocycles. The Balaban J connectivity index is 1.39. The maximum Gasteiger partial charge on any atom is 0.187 e. The highest BCUT2D eigenvalue weighted by atomic mass is 127. The van der Waals surface area contributed by atoms with E-state index in [1.165, 1.54) is 38.5 Å². The summed E-state index contributed by atoms with van der Waals surface area (Å²) < 4.78 is 1.88. The van der Waals surface area contributed by atoms with Crippen LogP contribution < -0.4 is 10.7 Å². The third-order valence-corrected chi connectivity index (χ3v) is 7.48. The third-order valence-electron chi connectivity index (χ3n) is 5.84. The summed E-state index contributed by atoms with van der Waals surface area (Å²) in [5, 5.41) is 18.5. The van der Waals surface area contributed by atoms with E-state index in [4.69, 9.17) is 12.2 Å². The van der Waals surface area contributed by atoms with Crippen molar-refractivity contribution in [1.82, 2.24) is 10.7 Å². The zero-order chi connectivity index (χ0) is 17.6. The van der Waals surface area contributed by atoms with E-state index in [0.29, 0.717) is 10.7 Å². The first-order chi connectivity index (χ1) is 11.9. The van der Waals surface area contributed by atoms with Crippen molar-refractivity contribution >= 4 is 68.7 Å². The Hall–Kier alpha value is -0.160. The van der Waals surface area contributed by atoms with Crippen LogP contribution in [0, 0.1) is 24.9 Å². The van der Waals surface area contributed by atoms with Crippen molar-refractivity contribution < 1.29 is 5.11 Å². The Labute approximate surface area is 180 Å². The van der Waals surface area contributed by atoms with Crippen molar-refractivity contribution in [3.63, 3.8) is 0 Å². The van der Waals surface area contributed by atoms with Crippen molar-refractivity contribution in [2.45, 2.75) is 44.1 Å². The van der Waals surface area contributed by atoms with E-state index in [9.17, 15) is 5.11 Å². The van der Waals surface area contributed by atoms with Gasteiger partial charge in [0.2, 0.25) is 0 Å². The molecule has 1 aromatic carbocycles. The second-order valence-corrected chi connectivity index (χ2v) is 10.7. The fourth-order valence-corrected chi connectivity index (χ4v) is 7.54. The number of thiocarbonyl (C=S) groups is 1. The van der Waals surface area contributed by atoms with Crippen LogP contribution in [0.4, 0.5) is 0 Å². The van der Waals surface area contributed by atoms with Gasteiger partial charge in [0, 0.05) is 14.7 Å². The fraction of sp³-hybridized carbons (Fsp3) is 0.556. The van der Waals surface area contributed by atoms with Gasteiger partial charge in [-0.05, 0) is 126 Å². The molecule has 4 saturated carbocycles. The summed E-state index contributed by atoms with van der Waals surface area (Å²) in [6.45, 7) is 0. The first kappa shape index (κ1) is 18.2. The Morgan fingerprint density at radius 2 is 1.76 bits per heavy atom. The number of benzene rings is 1. The minimum atomic E-state index is 0.188. The van der Waals surface area contributed by atoms with E-state index in [1.54, 1.807) is 6.21 Å². The molecule has 0 saturated heterocycles. The molecule has 134 valence electrons. The monoisotopic (exact) mass is 581 g/mol. The second-order valence-electron chi connectivity index (χ2n) is 7.85. The van der Waals surface area contributed by atoms with Crippen LogP contribution in [-0.2, 0) is 0 Å². The molecule has 0 amide bonds. The van der Waals surface area contributed by atoms with Gasteiger partial charge in [0.25, 0.3) is 0 Å². The smallest absolute Gasteiger partial charge is 0.187 e. The normalized spacial score (nSPS) is 33.0. The van der Waals surface area contributed by atoms with Gasteiger partial charge in [-0.3, -0.25) is 5.43 Å². The number of nitrogens with zero attached hydrogens (tertiary/aromatic N) is 1. The van der Waals surface area contributed by atoms with E-state index >= 15 is 0 Å². The largest absolute Gasteiger partial charge is 0.506 e. The number of phenols is 1. The molecule has 0 aliphatic heterocycles. The number of halogens is 2. The standard InChI is InChI=1S/C18H21I2N3OS/c19-14-4-13(16(24)15(20)5-14)9-21-23-17(25)22-18-6-10-1-11(7-18)3-12(2-10)8-18/h4-5,9-12,24H,1-3,6-8H2,(H2,22,23,25)/b21-9-. The lowest BCUT2D eigenvalue weighted by atomic mass is 9.53. The zero-order valence-electron chi connectivity index (χ0n) is 13.8. The minimum absolute atomic E-state index is 0.188. The summed E-state index contributed by atoms with van der Waals surface area (Å²) in [7, 11) is 0. The number of aromatic hydroxyl groups is 1. The maximum atomic E-state index is 10.1. The highest BCUT2D eigenvalue weighted by Crippen LogP contribution is 2.55. The van der Waals surface area contributed by atoms with Gasteiger partial charge in [0.15, 0.2) is 5.11 Å². The van der Waals surface area contributed by atoms with Gasteiger partial charge in [0.05, 0.1) is 9.78 Å². The van der Waals surface area contributed by atoms with Gasteiger partial charge in [0.1, 0.15) is 5.75 Å². The van der Waals surface area contributed by atoms with E-state index in [2.05, 4.69) is 61.0 Å². The molecule has 0 unspecified atom stereocenters. The molecule has 25 heavy (non-hydrogen) atoms. The van der Waals surface area contributed by atoms with Crippen LogP contribution in [0.25, 0.3) is 0 Å². The van der Waals surface area contributed by atoms with Gasteiger partial charge >= 0.3 is 0 Å². The maximum absolute atomic E-state index is 10.1. The molecule has 1 aromatic rings. The van der Waals surface area contributed by atoms with Crippen LogP contribution >= 0.6 is 57.4 Å². The number of rotatable bonds is 3. The van der Waals surface area contributed by atoms with E-state index in [0.717, 1.165) is 24.9 Å². The predicted octanol–water partition coefficient (Wildman–Crippen LogP) is 4.37. The van der Waals surface area contributed by atoms with E-state index < -0.39 is 0 Å². The average Bonchev–Trinajstić information content (AvgIpc) is 2.50. The first-order valence-electron chi connectivity index (χ1n) is 8.72. The van der Waals surface area contributed by atoms with Crippen molar-refractivity contribution in [1.29, 1.82) is 0 Å². The molecule has 4 aliphatic carbocycles. The summed E-state index contributed by atoms with van der Waals surface area (Å²) in [5.74, 6) is 2.91. The molecule has 0 atom stereocenters. The highest BCUT2D eigenvalue weighted by Gasteiger charge is 2.51. The summed E-state index contributed by atoms with van der Waals surface area (Å²) in [6.07, 6.45) is 9.64. The van der Waals surface area contributed by atoms with Crippen LogP contribution in [0.3, 0.4) is 0 Å². The Kier molecular flexibility index (Phi) is 5.18. The number of nitrogens with one attached hydrogen (secondary N) is 2. The lowest BCUT2D eigenvalue weighted by Crippen LogP contribution is -2.61. The topological polar surface area (TPSA) is 56.7 Å². The number of phenolic OH excluding ortho intramolecular Hbond substituents is 1. The van der Waals surface area contributed by atoms with Crippen LogP contribution in [0.5, 0.6) is 5.75 Å². The molecule has 4 bridgehead atoms. The second kappa shape index (κ2) is 7.10. The van der Waals surface area contributed by atoms with Crippen molar-refractivity contribution in [3.8, 4) is 5.75 Å². The number of hydrogen-bond donors (Lipinski definition) is 3. The van der Waals surface area contributed by atoms with Crippen LogP contribution in [-0.4, -0.2) is 22.0 Å². The summed E-state index contributed by atoms with van der Waals surface area (Å²) in [4.78, 5) is 0. The Bertz CT molecular complexity index is 702. The van der Waals surface area contributed by atoms with E-state index in [1.807, 2.05) is 12.1 Å². The number of hydrazone groups is 1. The lowest BCUT2D eigenvalue weighted by Gasteiger charge is -2.57. The zero-order valence-corrected chi connectivity index (χ0v) is 18.9. The molecule has 0 heterocycles. The minimum Gasteiger partial charge on any atom is -0.506 e. The van der Waals surface area contributed by atoms with Crippen molar-refractivity contribution in [2.24, 2.45) is 22.9 Å². The summed E-state index contributed by atoms with van der Waals surface area (Å²) >= 11 is 9.85. The summed E-state index contributed by atoms with van der Waals surface area (Å²) in [6, 6.07) is 3.83. The molecule has 0 radical (unpaired) electrons. The molecular formula is C18H21I2N3OS. The molecule has 0 spiro atoms. The molecular weight excluding hydrogens is 560 g/mol. The van der Waals surface area contributed by atoms with Crippen LogP contribution in [0.15, 0.2) is 17.2 Å².